The van der Waals surface area contributed by atoms with Gasteiger partial charge >= 0.3 is 0 Å². The number of carbonyl (C=O) groups is 1. The van der Waals surface area contributed by atoms with Gasteiger partial charge in [0.05, 0.1) is 24.7 Å². The van der Waals surface area contributed by atoms with Crippen LogP contribution in [0.2, 0.25) is 0 Å². The van der Waals surface area contributed by atoms with Crippen molar-refractivity contribution < 1.29 is 13.9 Å². The van der Waals surface area contributed by atoms with E-state index < -0.39 is 17.1 Å². The first kappa shape index (κ1) is 15.7. The van der Waals surface area contributed by atoms with Crippen molar-refractivity contribution in [2.24, 2.45) is 5.73 Å². The minimum absolute atomic E-state index is 0.368. The van der Waals surface area contributed by atoms with Crippen molar-refractivity contribution in [1.82, 2.24) is 20.0 Å². The van der Waals surface area contributed by atoms with Crippen molar-refractivity contribution in [3.05, 3.63) is 59.9 Å². The van der Waals surface area contributed by atoms with Gasteiger partial charge in [-0.05, 0) is 19.1 Å². The molecule has 7 nitrogen and oxygen atoms in total. The van der Waals surface area contributed by atoms with Gasteiger partial charge < -0.3 is 10.5 Å². The lowest BCUT2D eigenvalue weighted by atomic mass is 9.80. The highest BCUT2D eigenvalue weighted by Gasteiger charge is 2.38. The maximum Gasteiger partial charge on any atom is 0.234 e. The fourth-order valence-corrected chi connectivity index (χ4v) is 2.48. The van der Waals surface area contributed by atoms with Gasteiger partial charge in [-0.25, -0.2) is 9.07 Å². The maximum absolute atomic E-state index is 13.7. The molecule has 1 unspecified atom stereocenters. The molecule has 0 aliphatic rings. The molecule has 0 aliphatic heterocycles. The van der Waals surface area contributed by atoms with E-state index in [1.54, 1.807) is 31.5 Å². The van der Waals surface area contributed by atoms with E-state index in [1.807, 2.05) is 0 Å². The fourth-order valence-electron chi connectivity index (χ4n) is 2.48. The Labute approximate surface area is 137 Å². The Morgan fingerprint density at radius 3 is 2.83 bits per heavy atom. The summed E-state index contributed by atoms with van der Waals surface area (Å²) in [5.74, 6) is -0.649. The van der Waals surface area contributed by atoms with Crippen molar-refractivity contribution in [2.75, 3.05) is 7.11 Å². The zero-order valence-electron chi connectivity index (χ0n) is 13.2. The monoisotopic (exact) mass is 329 g/mol. The van der Waals surface area contributed by atoms with Crippen molar-refractivity contribution in [3.8, 4) is 11.4 Å². The molecule has 1 amide bonds. The van der Waals surface area contributed by atoms with Crippen LogP contribution < -0.4 is 10.5 Å². The predicted octanol–water partition coefficient (Wildman–Crippen LogP) is 1.53. The number of ether oxygens (including phenoxy) is 1. The summed E-state index contributed by atoms with van der Waals surface area (Å²) in [6, 6.07) is 5.89. The molecule has 8 heteroatoms. The Kier molecular flexibility index (Phi) is 3.80. The van der Waals surface area contributed by atoms with Crippen molar-refractivity contribution in [1.29, 1.82) is 0 Å². The molecule has 3 rings (SSSR count). The number of aromatic nitrogens is 4. The second-order valence-electron chi connectivity index (χ2n) is 5.47. The quantitative estimate of drug-likeness (QED) is 0.741. The van der Waals surface area contributed by atoms with Gasteiger partial charge in [0.2, 0.25) is 5.91 Å². The number of H-pyrrole nitrogens is 1. The van der Waals surface area contributed by atoms with Gasteiger partial charge in [0.15, 0.2) is 0 Å². The molecular weight excluding hydrogens is 313 g/mol. The first-order chi connectivity index (χ1) is 11.4. The number of methoxy groups -OCH3 is 1. The fraction of sp³-hybridized carbons (Fsp3) is 0.188. The number of nitrogens with two attached hydrogens (primary N) is 1. The van der Waals surface area contributed by atoms with E-state index in [1.165, 1.54) is 30.1 Å². The zero-order chi connectivity index (χ0) is 17.3. The molecule has 124 valence electrons. The van der Waals surface area contributed by atoms with Gasteiger partial charge in [-0.15, -0.1) is 0 Å². The minimum atomic E-state index is -1.16. The lowest BCUT2D eigenvalue weighted by molar-refractivity contribution is -0.121. The molecule has 0 radical (unpaired) electrons. The van der Waals surface area contributed by atoms with Crippen LogP contribution in [0.3, 0.4) is 0 Å². The summed E-state index contributed by atoms with van der Waals surface area (Å²) in [4.78, 5) is 12.1. The van der Waals surface area contributed by atoms with Gasteiger partial charge in [-0.1, -0.05) is 0 Å². The third kappa shape index (κ3) is 2.51. The normalized spacial score (nSPS) is 13.5. The summed E-state index contributed by atoms with van der Waals surface area (Å²) in [7, 11) is 1.45. The van der Waals surface area contributed by atoms with Gasteiger partial charge in [-0.3, -0.25) is 9.89 Å². The van der Waals surface area contributed by atoms with Crippen LogP contribution in [0.15, 0.2) is 42.9 Å². The van der Waals surface area contributed by atoms with E-state index in [2.05, 4.69) is 15.3 Å². The molecule has 0 saturated carbocycles. The minimum Gasteiger partial charge on any atom is -0.497 e. The number of amides is 1. The topological polar surface area (TPSA) is 98.8 Å². The molecule has 3 N–H and O–H groups in total. The number of rotatable bonds is 5. The number of halogens is 1. The summed E-state index contributed by atoms with van der Waals surface area (Å²) in [5.41, 5.74) is 5.93. The molecule has 0 fully saturated rings. The second-order valence-corrected chi connectivity index (χ2v) is 5.47. The molecular formula is C16H16FN5O2. The van der Waals surface area contributed by atoms with E-state index in [4.69, 9.17) is 10.5 Å². The number of aromatic amines is 1. The lowest BCUT2D eigenvalue weighted by Gasteiger charge is -2.22. The number of hydrogen-bond acceptors (Lipinski definition) is 4. The third-order valence-corrected chi connectivity index (χ3v) is 4.02. The third-order valence-electron chi connectivity index (χ3n) is 4.02. The molecule has 2 heterocycles. The number of nitrogens with zero attached hydrogens (tertiary/aromatic N) is 3. The van der Waals surface area contributed by atoms with Crippen LogP contribution in [0.5, 0.6) is 5.75 Å². The van der Waals surface area contributed by atoms with Gasteiger partial charge in [-0.2, -0.15) is 10.2 Å². The smallest absolute Gasteiger partial charge is 0.234 e. The highest BCUT2D eigenvalue weighted by molar-refractivity contribution is 5.89. The molecule has 24 heavy (non-hydrogen) atoms. The summed E-state index contributed by atoms with van der Waals surface area (Å²) >= 11 is 0. The number of benzene rings is 1. The highest BCUT2D eigenvalue weighted by atomic mass is 19.1. The Morgan fingerprint density at radius 1 is 1.42 bits per heavy atom. The van der Waals surface area contributed by atoms with Gasteiger partial charge in [0.25, 0.3) is 0 Å². The molecule has 2 aromatic heterocycles. The average molecular weight is 329 g/mol. The van der Waals surface area contributed by atoms with Crippen LogP contribution in [-0.4, -0.2) is 33.0 Å². The number of primary amides is 1. The van der Waals surface area contributed by atoms with Crippen LogP contribution in [0.1, 0.15) is 18.2 Å². The van der Waals surface area contributed by atoms with Gasteiger partial charge in [0, 0.05) is 30.1 Å². The number of hydrogen-bond donors (Lipinski definition) is 2. The van der Waals surface area contributed by atoms with Crippen LogP contribution in [0.25, 0.3) is 5.69 Å². The first-order valence-corrected chi connectivity index (χ1v) is 7.15. The Balaban J connectivity index is 2.07. The van der Waals surface area contributed by atoms with Crippen LogP contribution in [-0.2, 0) is 10.2 Å². The van der Waals surface area contributed by atoms with Crippen molar-refractivity contribution in [3.63, 3.8) is 0 Å². The molecule has 3 aromatic rings. The summed E-state index contributed by atoms with van der Waals surface area (Å²) in [5, 5.41) is 10.9. The van der Waals surface area contributed by atoms with E-state index >= 15 is 0 Å². The van der Waals surface area contributed by atoms with E-state index in [-0.39, 0.29) is 0 Å². The molecule has 0 saturated heterocycles. The molecule has 1 aromatic carbocycles. The van der Waals surface area contributed by atoms with E-state index in [9.17, 15) is 9.18 Å². The first-order valence-electron chi connectivity index (χ1n) is 7.15. The lowest BCUT2D eigenvalue weighted by Crippen LogP contribution is -2.39. The van der Waals surface area contributed by atoms with E-state index in [0.29, 0.717) is 22.7 Å². The number of nitrogens with one attached hydrogen (secondary N) is 1. The molecule has 0 bridgehead atoms. The standard InChI is InChI=1S/C16H16FN5O2/c1-16(15(18)23,14-3-4-19-21-14)10-8-20-22(9-10)12-5-11(17)6-13(7-12)24-2/h3-9H,1-2H3,(H2,18,23)(H,19,21). The average Bonchev–Trinajstić information content (AvgIpc) is 3.25. The van der Waals surface area contributed by atoms with Crippen LogP contribution in [0, 0.1) is 5.82 Å². The SMILES string of the molecule is COc1cc(F)cc(-n2cc(C(C)(C(N)=O)c3cc[nH]n3)cn2)c1. The molecule has 0 spiro atoms. The largest absolute Gasteiger partial charge is 0.497 e. The zero-order valence-corrected chi connectivity index (χ0v) is 13.2. The molecule has 0 aliphatic carbocycles. The summed E-state index contributed by atoms with van der Waals surface area (Å²) in [6.07, 6.45) is 4.74. The summed E-state index contributed by atoms with van der Waals surface area (Å²) in [6.45, 7) is 1.67. The van der Waals surface area contributed by atoms with Gasteiger partial charge in [0.1, 0.15) is 17.0 Å². The van der Waals surface area contributed by atoms with E-state index in [0.717, 1.165) is 0 Å². The van der Waals surface area contributed by atoms with Crippen LogP contribution in [0.4, 0.5) is 4.39 Å². The van der Waals surface area contributed by atoms with Crippen molar-refractivity contribution in [2.45, 2.75) is 12.3 Å². The number of carbonyl (C=O) groups excluding carboxylic acids is 1. The Hall–Kier alpha value is -3.16. The van der Waals surface area contributed by atoms with Crippen LogP contribution >= 0.6 is 0 Å². The highest BCUT2D eigenvalue weighted by Crippen LogP contribution is 2.31. The molecule has 1 atom stereocenters. The van der Waals surface area contributed by atoms with Crippen molar-refractivity contribution >= 4 is 5.91 Å². The maximum atomic E-state index is 13.7. The Morgan fingerprint density at radius 2 is 2.21 bits per heavy atom. The predicted molar refractivity (Wildman–Crippen MR) is 84.3 cm³/mol. The summed E-state index contributed by atoms with van der Waals surface area (Å²) < 4.78 is 20.2. The Bertz CT molecular complexity index is 874. The second kappa shape index (κ2) is 5.80.